The molecular weight excluding hydrogens is 322 g/mol. The van der Waals surface area contributed by atoms with Crippen molar-refractivity contribution in [3.8, 4) is 11.8 Å². The van der Waals surface area contributed by atoms with E-state index in [4.69, 9.17) is 5.26 Å². The summed E-state index contributed by atoms with van der Waals surface area (Å²) in [5, 5.41) is 8.45. The van der Waals surface area contributed by atoms with Crippen LogP contribution >= 0.6 is 22.6 Å². The van der Waals surface area contributed by atoms with Crippen LogP contribution in [0.5, 0.6) is 5.75 Å². The Morgan fingerprint density at radius 1 is 1.40 bits per heavy atom. The first-order valence-corrected chi connectivity index (χ1v) is 4.91. The number of alkyl halides is 3. The van der Waals surface area contributed by atoms with Gasteiger partial charge in [-0.15, -0.1) is 13.2 Å². The van der Waals surface area contributed by atoms with Crippen LogP contribution in [0.2, 0.25) is 0 Å². The van der Waals surface area contributed by atoms with Gasteiger partial charge in [0.05, 0.1) is 12.5 Å². The van der Waals surface area contributed by atoms with Crippen molar-refractivity contribution in [2.75, 3.05) is 0 Å². The van der Waals surface area contributed by atoms with Gasteiger partial charge >= 0.3 is 6.36 Å². The summed E-state index contributed by atoms with van der Waals surface area (Å²) >= 11 is 1.95. The van der Waals surface area contributed by atoms with Crippen LogP contribution in [-0.4, -0.2) is 6.36 Å². The van der Waals surface area contributed by atoms with E-state index >= 15 is 0 Å². The van der Waals surface area contributed by atoms with Gasteiger partial charge in [0.1, 0.15) is 5.75 Å². The number of hydrogen-bond acceptors (Lipinski definition) is 2. The van der Waals surface area contributed by atoms with Gasteiger partial charge in [0.15, 0.2) is 0 Å². The van der Waals surface area contributed by atoms with E-state index in [1.807, 2.05) is 28.7 Å². The highest BCUT2D eigenvalue weighted by Gasteiger charge is 2.31. The van der Waals surface area contributed by atoms with E-state index in [-0.39, 0.29) is 12.2 Å². The van der Waals surface area contributed by atoms with E-state index in [0.717, 1.165) is 3.57 Å². The van der Waals surface area contributed by atoms with Gasteiger partial charge in [0.2, 0.25) is 0 Å². The van der Waals surface area contributed by atoms with Gasteiger partial charge in [-0.05, 0) is 46.4 Å². The molecule has 80 valence electrons. The Balaban J connectivity index is 2.93. The van der Waals surface area contributed by atoms with Gasteiger partial charge in [-0.3, -0.25) is 0 Å². The van der Waals surface area contributed by atoms with Gasteiger partial charge in [-0.2, -0.15) is 5.26 Å². The third-order valence-electron chi connectivity index (χ3n) is 1.52. The minimum atomic E-state index is -4.70. The van der Waals surface area contributed by atoms with Gasteiger partial charge in [-0.25, -0.2) is 0 Å². The van der Waals surface area contributed by atoms with Gasteiger partial charge in [0, 0.05) is 3.57 Å². The van der Waals surface area contributed by atoms with E-state index in [1.54, 1.807) is 0 Å². The molecule has 0 spiro atoms. The molecule has 0 aliphatic carbocycles. The van der Waals surface area contributed by atoms with Crippen LogP contribution in [0.1, 0.15) is 5.56 Å². The lowest BCUT2D eigenvalue weighted by Gasteiger charge is -2.10. The van der Waals surface area contributed by atoms with Crippen molar-refractivity contribution in [1.29, 1.82) is 5.26 Å². The van der Waals surface area contributed by atoms with E-state index < -0.39 is 6.36 Å². The second-order valence-electron chi connectivity index (χ2n) is 2.64. The summed E-state index contributed by atoms with van der Waals surface area (Å²) in [4.78, 5) is 0. The van der Waals surface area contributed by atoms with E-state index in [1.165, 1.54) is 18.2 Å². The van der Waals surface area contributed by atoms with E-state index in [9.17, 15) is 13.2 Å². The maximum atomic E-state index is 11.9. The fourth-order valence-corrected chi connectivity index (χ4v) is 1.50. The molecule has 0 unspecified atom stereocenters. The quantitative estimate of drug-likeness (QED) is 0.781. The van der Waals surface area contributed by atoms with Crippen molar-refractivity contribution in [1.82, 2.24) is 0 Å². The number of halogens is 4. The molecule has 1 aromatic rings. The molecule has 6 heteroatoms. The maximum absolute atomic E-state index is 11.9. The first-order valence-electron chi connectivity index (χ1n) is 3.83. The molecule has 0 fully saturated rings. The maximum Gasteiger partial charge on any atom is 0.573 e. The third-order valence-corrected chi connectivity index (χ3v) is 2.57. The Kier molecular flexibility index (Phi) is 3.79. The molecule has 0 N–H and O–H groups in total. The first-order chi connectivity index (χ1) is 6.92. The number of nitriles is 1. The lowest BCUT2D eigenvalue weighted by molar-refractivity contribution is -0.274. The molecule has 0 amide bonds. The molecule has 0 saturated heterocycles. The molecule has 0 heterocycles. The predicted octanol–water partition coefficient (Wildman–Crippen LogP) is 3.26. The van der Waals surface area contributed by atoms with Crippen molar-refractivity contribution >= 4 is 22.6 Å². The second-order valence-corrected chi connectivity index (χ2v) is 3.80. The highest BCUT2D eigenvalue weighted by Crippen LogP contribution is 2.25. The smallest absolute Gasteiger partial charge is 0.406 e. The number of ether oxygens (including phenoxy) is 1. The van der Waals surface area contributed by atoms with Crippen LogP contribution in [0.3, 0.4) is 0 Å². The standard InChI is InChI=1S/C9H5F3INO/c10-9(11,12)15-7-1-2-8(13)6(5-7)3-4-14/h1-2,5H,3H2. The van der Waals surface area contributed by atoms with Crippen LogP contribution < -0.4 is 4.74 Å². The SMILES string of the molecule is N#CCc1cc(OC(F)(F)F)ccc1I. The zero-order chi connectivity index (χ0) is 11.5. The van der Waals surface area contributed by atoms with Crippen molar-refractivity contribution in [2.24, 2.45) is 0 Å². The van der Waals surface area contributed by atoms with Crippen molar-refractivity contribution in [3.05, 3.63) is 27.3 Å². The summed E-state index contributed by atoms with van der Waals surface area (Å²) in [6, 6.07) is 5.79. The Labute approximate surface area is 97.8 Å². The number of nitrogens with zero attached hydrogens (tertiary/aromatic N) is 1. The Bertz CT molecular complexity index is 397. The Morgan fingerprint density at radius 2 is 2.07 bits per heavy atom. The van der Waals surface area contributed by atoms with Crippen molar-refractivity contribution in [2.45, 2.75) is 12.8 Å². The van der Waals surface area contributed by atoms with Crippen LogP contribution in [0.4, 0.5) is 13.2 Å². The third kappa shape index (κ3) is 3.95. The Morgan fingerprint density at radius 3 is 2.60 bits per heavy atom. The van der Waals surface area contributed by atoms with Crippen LogP contribution in [0, 0.1) is 14.9 Å². The van der Waals surface area contributed by atoms with Gasteiger partial charge in [0.25, 0.3) is 0 Å². The molecule has 1 aromatic carbocycles. The van der Waals surface area contributed by atoms with Gasteiger partial charge in [-0.1, -0.05) is 0 Å². The average Bonchev–Trinajstić information content (AvgIpc) is 2.09. The fraction of sp³-hybridized carbons (Fsp3) is 0.222. The number of hydrogen-bond donors (Lipinski definition) is 0. The summed E-state index contributed by atoms with van der Waals surface area (Å²) in [5.74, 6) is -0.298. The van der Waals surface area contributed by atoms with Gasteiger partial charge < -0.3 is 4.74 Å². The lowest BCUT2D eigenvalue weighted by atomic mass is 10.1. The predicted molar refractivity (Wildman–Crippen MR) is 55.2 cm³/mol. The molecular formula is C9H5F3INO. The fourth-order valence-electron chi connectivity index (χ4n) is 0.969. The zero-order valence-corrected chi connectivity index (χ0v) is 9.46. The van der Waals surface area contributed by atoms with Crippen LogP contribution in [-0.2, 0) is 6.42 Å². The topological polar surface area (TPSA) is 33.0 Å². The first kappa shape index (κ1) is 12.1. The minimum Gasteiger partial charge on any atom is -0.406 e. The highest BCUT2D eigenvalue weighted by atomic mass is 127. The van der Waals surface area contributed by atoms with Crippen LogP contribution in [0.25, 0.3) is 0 Å². The highest BCUT2D eigenvalue weighted by molar-refractivity contribution is 14.1. The molecule has 0 atom stereocenters. The molecule has 0 aromatic heterocycles. The molecule has 0 aliphatic rings. The molecule has 0 radical (unpaired) electrons. The zero-order valence-electron chi connectivity index (χ0n) is 7.31. The monoisotopic (exact) mass is 327 g/mol. The summed E-state index contributed by atoms with van der Waals surface area (Å²) < 4.78 is 40.1. The molecule has 0 saturated carbocycles. The molecule has 2 nitrogen and oxygen atoms in total. The summed E-state index contributed by atoms with van der Waals surface area (Å²) in [6.45, 7) is 0. The van der Waals surface area contributed by atoms with Crippen LogP contribution in [0.15, 0.2) is 18.2 Å². The minimum absolute atomic E-state index is 0.0628. The van der Waals surface area contributed by atoms with Crippen molar-refractivity contribution in [3.63, 3.8) is 0 Å². The van der Waals surface area contributed by atoms with E-state index in [2.05, 4.69) is 4.74 Å². The molecule has 15 heavy (non-hydrogen) atoms. The molecule has 1 rings (SSSR count). The lowest BCUT2D eigenvalue weighted by Crippen LogP contribution is -2.17. The largest absolute Gasteiger partial charge is 0.573 e. The molecule has 0 bridgehead atoms. The summed E-state index contributed by atoms with van der Waals surface area (Å²) in [6.07, 6.45) is -4.63. The second kappa shape index (κ2) is 4.70. The van der Waals surface area contributed by atoms with E-state index in [0.29, 0.717) is 5.56 Å². The van der Waals surface area contributed by atoms with Crippen molar-refractivity contribution < 1.29 is 17.9 Å². The normalized spacial score (nSPS) is 10.9. The molecule has 0 aliphatic heterocycles. The summed E-state index contributed by atoms with van der Waals surface area (Å²) in [5.41, 5.74) is 0.528. The number of benzene rings is 1. The number of rotatable bonds is 2. The Hall–Kier alpha value is -0.970. The summed E-state index contributed by atoms with van der Waals surface area (Å²) in [7, 11) is 0. The average molecular weight is 327 g/mol.